The number of para-hydroxylation sites is 2. The first kappa shape index (κ1) is 29.5. The minimum absolute atomic E-state index is 0.397. The quantitative estimate of drug-likeness (QED) is 0.180. The fourth-order valence-electron chi connectivity index (χ4n) is 4.71. The molecule has 4 aromatic carbocycles. The zero-order valence-corrected chi connectivity index (χ0v) is 26.2. The van der Waals surface area contributed by atoms with Crippen LogP contribution in [0.5, 0.6) is 11.5 Å². The lowest BCUT2D eigenvalue weighted by atomic mass is 10.1. The van der Waals surface area contributed by atoms with Crippen LogP contribution >= 0.6 is 23.5 Å². The van der Waals surface area contributed by atoms with Crippen LogP contribution in [0.4, 0.5) is 0 Å². The van der Waals surface area contributed by atoms with E-state index in [-0.39, 0.29) is 0 Å². The lowest BCUT2D eigenvalue weighted by Gasteiger charge is -2.12. The van der Waals surface area contributed by atoms with Crippen molar-refractivity contribution in [1.29, 1.82) is 0 Å². The molecule has 6 aromatic rings. The molecule has 3 heterocycles. The molecule has 10 nitrogen and oxygen atoms in total. The summed E-state index contributed by atoms with van der Waals surface area (Å²) in [6.07, 6.45) is 6.76. The normalized spacial score (nSPS) is 15.1. The topological polar surface area (TPSA) is 105 Å². The Labute approximate surface area is 274 Å². The summed E-state index contributed by atoms with van der Waals surface area (Å²) >= 11 is 3.15. The Hall–Kier alpha value is -5.20. The van der Waals surface area contributed by atoms with Gasteiger partial charge in [-0.1, -0.05) is 90.3 Å². The van der Waals surface area contributed by atoms with Crippen LogP contribution in [0.2, 0.25) is 0 Å². The molecule has 0 atom stereocenters. The van der Waals surface area contributed by atoms with Gasteiger partial charge in [0.1, 0.15) is 37.4 Å². The van der Waals surface area contributed by atoms with Crippen molar-refractivity contribution in [2.75, 3.05) is 0 Å². The highest BCUT2D eigenvalue weighted by Gasteiger charge is 2.10. The minimum atomic E-state index is 0.397. The Balaban J connectivity index is 1.18. The van der Waals surface area contributed by atoms with Crippen LogP contribution in [0.3, 0.4) is 0 Å². The SMILES string of the molecule is C1=N/n2cnnc2SCc2cccc(c2)CSc2nncn2/N=C/c2ccccc2OCc2cccc(c2)COc2ccccc2/1. The molecular weight excluding hydrogens is 617 g/mol. The molecule has 0 fully saturated rings. The summed E-state index contributed by atoms with van der Waals surface area (Å²) in [7, 11) is 0. The van der Waals surface area contributed by atoms with E-state index in [2.05, 4.69) is 60.9 Å². The van der Waals surface area contributed by atoms with E-state index in [1.54, 1.807) is 58.0 Å². The molecule has 0 amide bonds. The van der Waals surface area contributed by atoms with Gasteiger partial charge in [0.25, 0.3) is 0 Å². The fraction of sp³-hybridized carbons (Fsp3) is 0.118. The van der Waals surface area contributed by atoms with E-state index in [4.69, 9.17) is 9.47 Å². The molecule has 4 bridgehead atoms. The largest absolute Gasteiger partial charge is 0.488 e. The molecule has 7 rings (SSSR count). The van der Waals surface area contributed by atoms with Crippen LogP contribution in [0, 0.1) is 0 Å². The summed E-state index contributed by atoms with van der Waals surface area (Å²) < 4.78 is 15.9. The first-order valence-electron chi connectivity index (χ1n) is 14.5. The Morgan fingerprint density at radius 2 is 0.978 bits per heavy atom. The highest BCUT2D eigenvalue weighted by Crippen LogP contribution is 2.26. The Bertz CT molecular complexity index is 1870. The smallest absolute Gasteiger partial charge is 0.212 e. The molecule has 2 aromatic heterocycles. The Morgan fingerprint density at radius 3 is 1.50 bits per heavy atom. The zero-order valence-electron chi connectivity index (χ0n) is 24.6. The summed E-state index contributed by atoms with van der Waals surface area (Å²) in [5, 5.41) is 27.4. The molecule has 0 saturated carbocycles. The second kappa shape index (κ2) is 14.3. The molecule has 46 heavy (non-hydrogen) atoms. The van der Waals surface area contributed by atoms with E-state index >= 15 is 0 Å². The van der Waals surface area contributed by atoms with Gasteiger partial charge in [-0.25, -0.2) is 0 Å². The van der Waals surface area contributed by atoms with Gasteiger partial charge < -0.3 is 9.47 Å². The predicted octanol–water partition coefficient (Wildman–Crippen LogP) is 6.69. The highest BCUT2D eigenvalue weighted by molar-refractivity contribution is 7.98. The number of rotatable bonds is 0. The van der Waals surface area contributed by atoms with Crippen molar-refractivity contribution in [3.8, 4) is 11.5 Å². The molecular formula is C34H28N8O2S2. The number of hydrogen-bond donors (Lipinski definition) is 0. The predicted molar refractivity (Wildman–Crippen MR) is 180 cm³/mol. The summed E-state index contributed by atoms with van der Waals surface area (Å²) in [5.41, 5.74) is 6.11. The van der Waals surface area contributed by atoms with Gasteiger partial charge >= 0.3 is 0 Å². The molecule has 1 aliphatic rings. The molecule has 0 radical (unpaired) electrons. The number of fused-ring (bicyclic) bond motifs is 8. The number of thioether (sulfide) groups is 2. The van der Waals surface area contributed by atoms with Crippen molar-refractivity contribution in [2.45, 2.75) is 35.0 Å². The number of benzene rings is 4. The monoisotopic (exact) mass is 644 g/mol. The van der Waals surface area contributed by atoms with Gasteiger partial charge in [-0.3, -0.25) is 0 Å². The summed E-state index contributed by atoms with van der Waals surface area (Å²) in [6, 6.07) is 32.3. The van der Waals surface area contributed by atoms with E-state index in [0.29, 0.717) is 35.0 Å². The third kappa shape index (κ3) is 7.36. The average molecular weight is 645 g/mol. The van der Waals surface area contributed by atoms with Crippen molar-refractivity contribution >= 4 is 36.0 Å². The first-order chi connectivity index (χ1) is 22.8. The van der Waals surface area contributed by atoms with Crippen LogP contribution in [0.15, 0.2) is 130 Å². The van der Waals surface area contributed by atoms with Crippen molar-refractivity contribution in [3.05, 3.63) is 143 Å². The second-order valence-electron chi connectivity index (χ2n) is 10.3. The van der Waals surface area contributed by atoms with Gasteiger partial charge in [-0.2, -0.15) is 19.6 Å². The maximum atomic E-state index is 6.25. The van der Waals surface area contributed by atoms with Gasteiger partial charge in [0.2, 0.25) is 10.3 Å². The number of ether oxygens (including phenoxy) is 2. The summed E-state index contributed by atoms with van der Waals surface area (Å²) in [4.78, 5) is 0. The van der Waals surface area contributed by atoms with E-state index in [1.165, 1.54) is 11.1 Å². The van der Waals surface area contributed by atoms with Crippen molar-refractivity contribution in [3.63, 3.8) is 0 Å². The first-order valence-corrected chi connectivity index (χ1v) is 16.5. The van der Waals surface area contributed by atoms with Gasteiger partial charge in [0, 0.05) is 22.6 Å². The van der Waals surface area contributed by atoms with Gasteiger partial charge in [0.15, 0.2) is 0 Å². The van der Waals surface area contributed by atoms with Crippen LogP contribution in [0.1, 0.15) is 33.4 Å². The lowest BCUT2D eigenvalue weighted by molar-refractivity contribution is 0.299. The maximum Gasteiger partial charge on any atom is 0.212 e. The highest BCUT2D eigenvalue weighted by atomic mass is 32.2. The van der Waals surface area contributed by atoms with E-state index in [1.807, 2.05) is 66.7 Å². The number of aromatic nitrogens is 6. The molecule has 0 unspecified atom stereocenters. The van der Waals surface area contributed by atoms with Crippen molar-refractivity contribution in [1.82, 2.24) is 29.7 Å². The summed E-state index contributed by atoms with van der Waals surface area (Å²) in [6.45, 7) is 0.794. The van der Waals surface area contributed by atoms with Crippen LogP contribution in [0.25, 0.3) is 0 Å². The van der Waals surface area contributed by atoms with Gasteiger partial charge in [-0.15, -0.1) is 20.4 Å². The molecule has 12 heteroatoms. The zero-order chi connectivity index (χ0) is 31.0. The van der Waals surface area contributed by atoms with E-state index in [0.717, 1.165) is 33.8 Å². The number of hydrogen-bond acceptors (Lipinski definition) is 10. The Kier molecular flexibility index (Phi) is 9.15. The molecule has 0 aliphatic carbocycles. The van der Waals surface area contributed by atoms with Crippen LogP contribution < -0.4 is 9.47 Å². The summed E-state index contributed by atoms with van der Waals surface area (Å²) in [5.74, 6) is 2.90. The minimum Gasteiger partial charge on any atom is -0.488 e. The molecule has 0 spiro atoms. The standard InChI is InChI=1S/C34H28N8O2S2/c1-3-13-31-29(11-1)17-37-41-23-35-39-33(41)45-21-27-9-6-10-28(16-27)22-46-34-40-36-24-42(34)38-18-30-12-2-4-14-32(30)44-20-26-8-5-7-25(15-26)19-43-31/h1-18,23-24H,19-22H2/b37-17+,38-18+. The number of nitrogens with zero attached hydrogens (tertiary/aromatic N) is 8. The van der Waals surface area contributed by atoms with E-state index < -0.39 is 0 Å². The lowest BCUT2D eigenvalue weighted by Crippen LogP contribution is -2.02. The van der Waals surface area contributed by atoms with Gasteiger partial charge in [-0.05, 0) is 52.6 Å². The van der Waals surface area contributed by atoms with Crippen LogP contribution in [-0.2, 0) is 24.7 Å². The van der Waals surface area contributed by atoms with Crippen molar-refractivity contribution in [2.24, 2.45) is 10.2 Å². The molecule has 1 aliphatic heterocycles. The van der Waals surface area contributed by atoms with Crippen LogP contribution in [-0.4, -0.2) is 42.2 Å². The average Bonchev–Trinajstić information content (AvgIpc) is 3.76. The van der Waals surface area contributed by atoms with E-state index in [9.17, 15) is 0 Å². The second-order valence-corrected chi connectivity index (χ2v) is 12.2. The maximum absolute atomic E-state index is 6.25. The Morgan fingerprint density at radius 1 is 0.522 bits per heavy atom. The molecule has 0 N–H and O–H groups in total. The molecule has 228 valence electrons. The van der Waals surface area contributed by atoms with Gasteiger partial charge in [0.05, 0.1) is 12.4 Å². The third-order valence-electron chi connectivity index (χ3n) is 6.99. The molecule has 0 saturated heterocycles. The fourth-order valence-corrected chi connectivity index (χ4v) is 6.32. The third-order valence-corrected chi connectivity index (χ3v) is 9.00. The van der Waals surface area contributed by atoms with Crippen molar-refractivity contribution < 1.29 is 9.47 Å².